The highest BCUT2D eigenvalue weighted by Gasteiger charge is 2.24. The van der Waals surface area contributed by atoms with Gasteiger partial charge >= 0.3 is 0 Å². The van der Waals surface area contributed by atoms with Crippen molar-refractivity contribution in [3.8, 4) is 24.2 Å². The Balaban J connectivity index is 1.44. The van der Waals surface area contributed by atoms with Gasteiger partial charge in [0, 0.05) is 28.4 Å². The Hall–Kier alpha value is -3.60. The molecule has 2 aromatic heterocycles. The van der Waals surface area contributed by atoms with E-state index in [0.717, 1.165) is 40.7 Å². The summed E-state index contributed by atoms with van der Waals surface area (Å²) in [6.07, 6.45) is 25.2. The highest BCUT2D eigenvalue weighted by Crippen LogP contribution is 2.39. The summed E-state index contributed by atoms with van der Waals surface area (Å²) >= 11 is 1.24. The maximum atomic E-state index is 6.31. The Morgan fingerprint density at radius 3 is 1.66 bits per heavy atom. The number of benzene rings is 3. The molecule has 4 heteroatoms. The van der Waals surface area contributed by atoms with Crippen LogP contribution in [0.4, 0.5) is 0 Å². The fourth-order valence-electron chi connectivity index (χ4n) is 7.17. The van der Waals surface area contributed by atoms with Crippen LogP contribution in [0.1, 0.15) is 166 Å². The smallest absolute Gasteiger partial charge is 0.120 e. The highest BCUT2D eigenvalue weighted by atomic mass is 32.1. The number of aryl methyl sites for hydroxylation is 1. The number of hydrogen-bond donors (Lipinski definition) is 0. The summed E-state index contributed by atoms with van der Waals surface area (Å²) in [6.45, 7) is 16.9. The van der Waals surface area contributed by atoms with Crippen molar-refractivity contribution in [2.24, 2.45) is 0 Å². The Morgan fingerprint density at radius 2 is 1.12 bits per heavy atom. The maximum absolute atomic E-state index is 6.31. The predicted octanol–water partition coefficient (Wildman–Crippen LogP) is 13.3. The first-order chi connectivity index (χ1) is 24.0. The monoisotopic (exact) mass is 685 g/mol. The zero-order valence-corrected chi connectivity index (χ0v) is 32.8. The molecule has 3 nitrogen and oxygen atoms in total. The van der Waals surface area contributed by atoms with Gasteiger partial charge < -0.3 is 4.57 Å². The van der Waals surface area contributed by atoms with E-state index >= 15 is 0 Å². The Kier molecular flexibility index (Phi) is 12.9. The van der Waals surface area contributed by atoms with Crippen LogP contribution in [0.2, 0.25) is 0 Å². The van der Waals surface area contributed by atoms with Crippen molar-refractivity contribution >= 4 is 44.6 Å². The molecule has 0 radical (unpaired) electrons. The van der Waals surface area contributed by atoms with Gasteiger partial charge in [0.25, 0.3) is 0 Å². The second-order valence-electron chi connectivity index (χ2n) is 16.4. The second-order valence-corrected chi connectivity index (χ2v) is 16.9. The number of hydrogen-bond acceptors (Lipinski definition) is 3. The number of rotatable bonds is 15. The van der Waals surface area contributed by atoms with Crippen LogP contribution in [-0.4, -0.2) is 13.3 Å². The van der Waals surface area contributed by atoms with Crippen molar-refractivity contribution in [3.05, 3.63) is 70.3 Å². The Bertz CT molecular complexity index is 1990. The minimum absolute atomic E-state index is 0.0205. The average molecular weight is 686 g/mol. The number of nitrogens with zero attached hydrogens (tertiary/aromatic N) is 3. The molecule has 0 spiro atoms. The van der Waals surface area contributed by atoms with E-state index in [1.165, 1.54) is 128 Å². The SMILES string of the molecule is C#Cc1cc(C(C)(C)C)cc2c3cc(C(C)(C)C)cc(C#Cc4cccc5nsnc45)c3n(CCCCCCCCCCCCCCCC)c12. The van der Waals surface area contributed by atoms with Crippen LogP contribution in [0.5, 0.6) is 0 Å². The molecule has 5 aromatic rings. The third kappa shape index (κ3) is 9.19. The van der Waals surface area contributed by atoms with Gasteiger partial charge in [0.05, 0.1) is 28.3 Å². The van der Waals surface area contributed by atoms with Gasteiger partial charge in [-0.1, -0.05) is 156 Å². The van der Waals surface area contributed by atoms with Gasteiger partial charge in [0.15, 0.2) is 0 Å². The molecule has 0 atom stereocenters. The summed E-state index contributed by atoms with van der Waals surface area (Å²) < 4.78 is 11.5. The molecule has 5 rings (SSSR count). The minimum atomic E-state index is -0.0386. The Labute approximate surface area is 307 Å². The van der Waals surface area contributed by atoms with E-state index in [0.29, 0.717) is 0 Å². The van der Waals surface area contributed by atoms with Gasteiger partial charge in [-0.05, 0) is 64.8 Å². The van der Waals surface area contributed by atoms with Crippen molar-refractivity contribution in [1.29, 1.82) is 0 Å². The van der Waals surface area contributed by atoms with Crippen LogP contribution in [-0.2, 0) is 17.4 Å². The number of fused-ring (bicyclic) bond motifs is 4. The molecule has 50 heavy (non-hydrogen) atoms. The third-order valence-electron chi connectivity index (χ3n) is 10.3. The van der Waals surface area contributed by atoms with Gasteiger partial charge in [-0.15, -0.1) is 6.42 Å². The lowest BCUT2D eigenvalue weighted by atomic mass is 9.83. The maximum Gasteiger partial charge on any atom is 0.120 e. The lowest BCUT2D eigenvalue weighted by Gasteiger charge is -2.20. The molecule has 0 saturated heterocycles. The van der Waals surface area contributed by atoms with Gasteiger partial charge in [0.1, 0.15) is 11.0 Å². The topological polar surface area (TPSA) is 30.7 Å². The summed E-state index contributed by atoms with van der Waals surface area (Å²) in [7, 11) is 0. The molecule has 0 fully saturated rings. The molecule has 264 valence electrons. The van der Waals surface area contributed by atoms with Crippen LogP contribution in [0.3, 0.4) is 0 Å². The zero-order chi connectivity index (χ0) is 35.7. The number of aromatic nitrogens is 3. The fourth-order valence-corrected chi connectivity index (χ4v) is 7.72. The van der Waals surface area contributed by atoms with Crippen LogP contribution in [0.25, 0.3) is 32.8 Å². The molecule has 0 aliphatic heterocycles. The second kappa shape index (κ2) is 17.1. The first-order valence-electron chi connectivity index (χ1n) is 19.4. The lowest BCUT2D eigenvalue weighted by Crippen LogP contribution is -2.11. The number of terminal acetylenes is 1. The van der Waals surface area contributed by atoms with E-state index < -0.39 is 0 Å². The molecule has 0 saturated carbocycles. The van der Waals surface area contributed by atoms with Crippen LogP contribution >= 0.6 is 11.7 Å². The van der Waals surface area contributed by atoms with E-state index in [-0.39, 0.29) is 10.8 Å². The van der Waals surface area contributed by atoms with E-state index in [1.807, 2.05) is 12.1 Å². The molecule has 0 aliphatic carbocycles. The molecule has 0 aliphatic rings. The third-order valence-corrected chi connectivity index (χ3v) is 10.8. The summed E-state index contributed by atoms with van der Waals surface area (Å²) in [4.78, 5) is 0. The average Bonchev–Trinajstić information content (AvgIpc) is 3.69. The van der Waals surface area contributed by atoms with Gasteiger partial charge in [-0.3, -0.25) is 0 Å². The Morgan fingerprint density at radius 1 is 0.620 bits per heavy atom. The van der Waals surface area contributed by atoms with Crippen molar-refractivity contribution in [3.63, 3.8) is 0 Å². The van der Waals surface area contributed by atoms with Crippen LogP contribution in [0.15, 0.2) is 42.5 Å². The van der Waals surface area contributed by atoms with E-state index in [2.05, 4.69) is 110 Å². The summed E-state index contributed by atoms with van der Waals surface area (Å²) in [5.41, 5.74) is 9.57. The van der Waals surface area contributed by atoms with Crippen molar-refractivity contribution in [2.45, 2.75) is 156 Å². The molecule has 0 bridgehead atoms. The first kappa shape index (κ1) is 37.7. The lowest BCUT2D eigenvalue weighted by molar-refractivity contribution is 0.528. The molecular weight excluding hydrogens is 627 g/mol. The van der Waals surface area contributed by atoms with E-state index in [9.17, 15) is 0 Å². The molecule has 0 amide bonds. The highest BCUT2D eigenvalue weighted by molar-refractivity contribution is 7.00. The quantitative estimate of drug-likeness (QED) is 0.0811. The zero-order valence-electron chi connectivity index (χ0n) is 32.0. The van der Waals surface area contributed by atoms with Crippen LogP contribution in [0, 0.1) is 24.2 Å². The summed E-state index contributed by atoms with van der Waals surface area (Å²) in [6, 6.07) is 15.4. The van der Waals surface area contributed by atoms with Crippen molar-refractivity contribution < 1.29 is 0 Å². The van der Waals surface area contributed by atoms with Crippen molar-refractivity contribution in [2.75, 3.05) is 0 Å². The fraction of sp³-hybridized carbons (Fsp3) is 0.522. The van der Waals surface area contributed by atoms with Gasteiger partial charge in [0.2, 0.25) is 0 Å². The summed E-state index contributed by atoms with van der Waals surface area (Å²) in [5.74, 6) is 10.3. The molecule has 0 unspecified atom stereocenters. The minimum Gasteiger partial charge on any atom is -0.338 e. The number of unbranched alkanes of at least 4 members (excludes halogenated alkanes) is 13. The van der Waals surface area contributed by atoms with Crippen LogP contribution < -0.4 is 0 Å². The van der Waals surface area contributed by atoms with Crippen molar-refractivity contribution in [1.82, 2.24) is 13.3 Å². The van der Waals surface area contributed by atoms with E-state index in [4.69, 9.17) is 6.42 Å². The standard InChI is InChI=1S/C46H59N3S/c1-9-11-12-13-14-15-16-17-18-19-20-21-22-23-29-49-43-34(10-2)30-37(45(3,4)5)32-39(43)40-33-38(46(6,7)8)31-36(44(40)49)28-27-35-25-24-26-41-42(35)48-50-47-41/h2,24-26,30-33H,9,11-23,29H2,1,3-8H3. The molecule has 2 heterocycles. The first-order valence-corrected chi connectivity index (χ1v) is 20.1. The largest absolute Gasteiger partial charge is 0.338 e. The molecule has 0 N–H and O–H groups in total. The van der Waals surface area contributed by atoms with Gasteiger partial charge in [-0.25, -0.2) is 0 Å². The molecule has 3 aromatic carbocycles. The van der Waals surface area contributed by atoms with E-state index in [1.54, 1.807) is 0 Å². The summed E-state index contributed by atoms with van der Waals surface area (Å²) in [5, 5.41) is 2.49. The molecular formula is C46H59N3S. The van der Waals surface area contributed by atoms with Gasteiger partial charge in [-0.2, -0.15) is 8.75 Å². The normalized spacial score (nSPS) is 12.1. The predicted molar refractivity (Wildman–Crippen MR) is 218 cm³/mol.